The number of aryl methyl sites for hydroxylation is 1. The van der Waals surface area contributed by atoms with E-state index in [0.717, 1.165) is 28.3 Å². The number of carboxylic acids is 1. The Morgan fingerprint density at radius 2 is 1.89 bits per heavy atom. The summed E-state index contributed by atoms with van der Waals surface area (Å²) in [6.07, 6.45) is 0.261. The van der Waals surface area contributed by atoms with Crippen LogP contribution < -0.4 is 31.4 Å². The van der Waals surface area contributed by atoms with Gasteiger partial charge in [0.2, 0.25) is 0 Å². The first-order valence-electron chi connectivity index (χ1n) is 13.8. The highest BCUT2D eigenvalue weighted by atomic mass is 32.3. The van der Waals surface area contributed by atoms with Crippen LogP contribution in [0.25, 0.3) is 11.1 Å². The fraction of sp³-hybridized carbons (Fsp3) is 0.333. The minimum Gasteiger partial charge on any atom is -0.489 e. The molecule has 18 nitrogen and oxygen atoms in total. The zero-order chi connectivity index (χ0) is 34.5. The second-order valence-electron chi connectivity index (χ2n) is 10.6. The molecule has 47 heavy (non-hydrogen) atoms. The first kappa shape index (κ1) is 35.0. The molecular weight excluding hydrogens is 660 g/mol. The molecule has 252 valence electrons. The Kier molecular flexibility index (Phi) is 10.6. The lowest BCUT2D eigenvalue weighted by atomic mass is 9.84. The highest BCUT2D eigenvalue weighted by Gasteiger charge is 2.58. The quantitative estimate of drug-likeness (QED) is 0.0392. The average molecular weight is 694 g/mol. The maximum Gasteiger partial charge on any atom is 0.418 e. The Hall–Kier alpha value is -4.89. The average Bonchev–Trinajstić information content (AvgIpc) is 3.44. The van der Waals surface area contributed by atoms with Crippen LogP contribution >= 0.6 is 11.3 Å². The molecule has 4 rings (SSSR count). The van der Waals surface area contributed by atoms with Crippen LogP contribution in [0.2, 0.25) is 0 Å². The third kappa shape index (κ3) is 8.48. The molecule has 2 unspecified atom stereocenters. The van der Waals surface area contributed by atoms with Crippen molar-refractivity contribution in [3.63, 3.8) is 0 Å². The fourth-order valence-electron chi connectivity index (χ4n) is 4.36. The third-order valence-electron chi connectivity index (χ3n) is 6.82. The summed E-state index contributed by atoms with van der Waals surface area (Å²) in [5.74, 6) is -2.23. The topological polar surface area (TPSA) is 262 Å². The minimum atomic E-state index is -5.02. The first-order chi connectivity index (χ1) is 22.1. The lowest BCUT2D eigenvalue weighted by Gasteiger charge is -2.50. The maximum absolute atomic E-state index is 13.2. The van der Waals surface area contributed by atoms with Gasteiger partial charge in [-0.05, 0) is 37.6 Å². The molecule has 20 heteroatoms. The monoisotopic (exact) mass is 693 g/mol. The smallest absolute Gasteiger partial charge is 0.418 e. The van der Waals surface area contributed by atoms with E-state index in [4.69, 9.17) is 25.6 Å². The molecular formula is C27H33N8O10S2+. The molecule has 0 aliphatic carbocycles. The Morgan fingerprint density at radius 3 is 2.45 bits per heavy atom. The first-order valence-corrected chi connectivity index (χ1v) is 16.0. The number of hydroxylamine groups is 2. The van der Waals surface area contributed by atoms with Gasteiger partial charge in [0, 0.05) is 23.6 Å². The summed E-state index contributed by atoms with van der Waals surface area (Å²) in [4.78, 5) is 46.8. The number of thiazole rings is 1. The molecule has 3 aromatic rings. The van der Waals surface area contributed by atoms with E-state index >= 15 is 0 Å². The number of amides is 2. The number of hydrogen-bond donors (Lipinski definition) is 6. The second-order valence-corrected chi connectivity index (χ2v) is 12.5. The SMILES string of the molecule is C[n+]1cc(-c2ccc(OCC(O/N=C(\C(=O)NC3C(=O)N(OS(=O)(=O)O)C3(C)C)c3csc(N)n3)C(=O)O)cc2)ccc1NCCN. The van der Waals surface area contributed by atoms with Gasteiger partial charge in [0.05, 0.1) is 25.3 Å². The number of nitrogens with zero attached hydrogens (tertiary/aromatic N) is 4. The Bertz CT molecular complexity index is 1780. The van der Waals surface area contributed by atoms with E-state index < -0.39 is 58.2 Å². The fourth-order valence-corrected chi connectivity index (χ4v) is 5.36. The predicted molar refractivity (Wildman–Crippen MR) is 167 cm³/mol. The summed E-state index contributed by atoms with van der Waals surface area (Å²) < 4.78 is 43.0. The zero-order valence-electron chi connectivity index (χ0n) is 25.3. The number of ether oxygens (including phenoxy) is 1. The van der Waals surface area contributed by atoms with Gasteiger partial charge >= 0.3 is 16.4 Å². The summed E-state index contributed by atoms with van der Waals surface area (Å²) in [6.45, 7) is 3.36. The normalized spacial score (nSPS) is 16.6. The van der Waals surface area contributed by atoms with Crippen LogP contribution in [0.1, 0.15) is 19.5 Å². The van der Waals surface area contributed by atoms with E-state index in [1.165, 1.54) is 19.2 Å². The van der Waals surface area contributed by atoms with Crippen molar-refractivity contribution in [1.29, 1.82) is 0 Å². The molecule has 1 aromatic carbocycles. The van der Waals surface area contributed by atoms with E-state index in [1.54, 1.807) is 24.3 Å². The number of pyridine rings is 1. The van der Waals surface area contributed by atoms with Gasteiger partial charge in [0.25, 0.3) is 23.7 Å². The van der Waals surface area contributed by atoms with Gasteiger partial charge in [-0.2, -0.15) is 13.5 Å². The highest BCUT2D eigenvalue weighted by molar-refractivity contribution is 7.80. The number of carbonyl (C=O) groups excluding carboxylic acids is 2. The highest BCUT2D eigenvalue weighted by Crippen LogP contribution is 2.33. The summed E-state index contributed by atoms with van der Waals surface area (Å²) in [7, 11) is -3.12. The number of carbonyl (C=O) groups is 3. The van der Waals surface area contributed by atoms with E-state index in [2.05, 4.69) is 25.1 Å². The summed E-state index contributed by atoms with van der Waals surface area (Å²) in [5.41, 5.74) is 11.0. The number of oxime groups is 1. The van der Waals surface area contributed by atoms with E-state index in [0.29, 0.717) is 23.9 Å². The Morgan fingerprint density at radius 1 is 1.21 bits per heavy atom. The lowest BCUT2D eigenvalue weighted by Crippen LogP contribution is -2.76. The van der Waals surface area contributed by atoms with Crippen molar-refractivity contribution < 1.29 is 50.9 Å². The molecule has 1 aliphatic heterocycles. The van der Waals surface area contributed by atoms with Crippen LogP contribution in [-0.4, -0.2) is 89.0 Å². The van der Waals surface area contributed by atoms with Crippen molar-refractivity contribution in [2.24, 2.45) is 17.9 Å². The lowest BCUT2D eigenvalue weighted by molar-refractivity contribution is -0.656. The van der Waals surface area contributed by atoms with Crippen molar-refractivity contribution in [2.45, 2.75) is 31.5 Å². The molecule has 1 fully saturated rings. The van der Waals surface area contributed by atoms with E-state index in [-0.39, 0.29) is 10.8 Å². The van der Waals surface area contributed by atoms with Gasteiger partial charge in [-0.3, -0.25) is 19.5 Å². The standard InChI is InChI=1S/C27H32N8O10S2/c1-27(2)22(24(37)35(27)45-47(40,41)42)32-23(36)21(18-14-46-26(29)31-18)33-44-19(25(38)39)13-43-17-7-4-15(5-8-17)16-6-9-20(30-11-10-28)34(3)12-16/h4-9,12,14,19,22H,10-11,13,28H2,1-3H3,(H5,29,31,32,36,38,39,40,41,42)/p+1/b33-21-. The largest absolute Gasteiger partial charge is 0.489 e. The van der Waals surface area contributed by atoms with Crippen molar-refractivity contribution in [3.8, 4) is 16.9 Å². The number of carboxylic acid groups (broad SMARTS) is 1. The number of β-lactam (4-membered cyclic amide) rings is 1. The number of hydrogen-bond acceptors (Lipinski definition) is 14. The van der Waals surface area contributed by atoms with E-state index in [9.17, 15) is 27.9 Å². The molecule has 0 bridgehead atoms. The van der Waals surface area contributed by atoms with Gasteiger partial charge in [-0.1, -0.05) is 17.3 Å². The molecule has 3 heterocycles. The second kappa shape index (κ2) is 14.3. The minimum absolute atomic E-state index is 0.0582. The molecule has 8 N–H and O–H groups in total. The van der Waals surface area contributed by atoms with Crippen LogP contribution in [0.15, 0.2) is 53.1 Å². The number of nitrogen functional groups attached to an aromatic ring is 1. The number of nitrogens with one attached hydrogen (secondary N) is 2. The number of aliphatic carboxylic acids is 1. The molecule has 2 amide bonds. The van der Waals surface area contributed by atoms with Gasteiger partial charge in [0.1, 0.15) is 24.1 Å². The van der Waals surface area contributed by atoms with Gasteiger partial charge < -0.3 is 31.5 Å². The molecule has 2 atom stereocenters. The molecule has 1 saturated heterocycles. The number of benzene rings is 1. The molecule has 0 radical (unpaired) electrons. The van der Waals surface area contributed by atoms with Crippen molar-refractivity contribution in [1.82, 2.24) is 15.4 Å². The Balaban J connectivity index is 1.44. The predicted octanol–water partition coefficient (Wildman–Crippen LogP) is -0.320. The number of aromatic nitrogens is 2. The summed E-state index contributed by atoms with van der Waals surface area (Å²) in [5, 5.41) is 20.8. The van der Waals surface area contributed by atoms with Crippen LogP contribution in [-0.2, 0) is 41.0 Å². The molecule has 1 aliphatic rings. The molecule has 2 aromatic heterocycles. The summed E-state index contributed by atoms with van der Waals surface area (Å²) in [6, 6.07) is 9.45. The van der Waals surface area contributed by atoms with Crippen LogP contribution in [0.4, 0.5) is 10.9 Å². The summed E-state index contributed by atoms with van der Waals surface area (Å²) >= 11 is 0.958. The number of nitrogens with two attached hydrogens (primary N) is 2. The van der Waals surface area contributed by atoms with Crippen LogP contribution in [0, 0.1) is 0 Å². The van der Waals surface area contributed by atoms with Gasteiger partial charge in [0.15, 0.2) is 10.8 Å². The maximum atomic E-state index is 13.2. The molecule has 0 spiro atoms. The van der Waals surface area contributed by atoms with Gasteiger partial charge in [-0.15, -0.1) is 15.6 Å². The third-order valence-corrected chi connectivity index (χ3v) is 7.83. The van der Waals surface area contributed by atoms with Crippen molar-refractivity contribution in [3.05, 3.63) is 53.7 Å². The number of anilines is 2. The Labute approximate surface area is 272 Å². The van der Waals surface area contributed by atoms with Crippen LogP contribution in [0.5, 0.6) is 5.75 Å². The number of rotatable bonds is 15. The van der Waals surface area contributed by atoms with Crippen molar-refractivity contribution in [2.75, 3.05) is 30.7 Å². The van der Waals surface area contributed by atoms with Crippen molar-refractivity contribution >= 4 is 56.2 Å². The van der Waals surface area contributed by atoms with E-state index in [1.807, 2.05) is 29.9 Å². The van der Waals surface area contributed by atoms with Crippen LogP contribution in [0.3, 0.4) is 0 Å². The van der Waals surface area contributed by atoms with Gasteiger partial charge in [-0.25, -0.2) is 14.3 Å². The molecule has 0 saturated carbocycles. The zero-order valence-corrected chi connectivity index (χ0v) is 26.9.